The summed E-state index contributed by atoms with van der Waals surface area (Å²) in [6.07, 6.45) is 1.46. The molecule has 2 rings (SSSR count). The lowest BCUT2D eigenvalue weighted by Crippen LogP contribution is -2.50. The van der Waals surface area contributed by atoms with E-state index in [0.29, 0.717) is 0 Å². The highest BCUT2D eigenvalue weighted by Gasteiger charge is 2.35. The summed E-state index contributed by atoms with van der Waals surface area (Å²) < 4.78 is 0. The zero-order valence-corrected chi connectivity index (χ0v) is 10.4. The minimum absolute atomic E-state index is 0.949. The molecule has 1 heterocycles. The first-order valence-corrected chi connectivity index (χ1v) is 8.31. The Kier molecular flexibility index (Phi) is 2.39. The molecule has 0 bridgehead atoms. The molecule has 1 nitrogen and oxygen atoms in total. The quantitative estimate of drug-likeness (QED) is 0.670. The molecule has 1 fully saturated rings. The van der Waals surface area contributed by atoms with Gasteiger partial charge in [-0.15, -0.1) is 0 Å². The van der Waals surface area contributed by atoms with E-state index < -0.39 is 8.07 Å². The molecule has 14 heavy (non-hydrogen) atoms. The smallest absolute Gasteiger partial charge is 0.0836 e. The maximum absolute atomic E-state index is 2.52. The van der Waals surface area contributed by atoms with E-state index in [0.717, 1.165) is 0 Å². The van der Waals surface area contributed by atoms with Gasteiger partial charge in [-0.2, -0.15) is 0 Å². The van der Waals surface area contributed by atoms with Gasteiger partial charge in [0.1, 0.15) is 0 Å². The highest BCUT2D eigenvalue weighted by Crippen LogP contribution is 2.31. The van der Waals surface area contributed by atoms with E-state index in [1.165, 1.54) is 24.2 Å². The van der Waals surface area contributed by atoms with Gasteiger partial charge in [-0.05, 0) is 12.1 Å². The van der Waals surface area contributed by atoms with E-state index in [2.05, 4.69) is 49.8 Å². The van der Waals surface area contributed by atoms with Crippen LogP contribution in [0.25, 0.3) is 0 Å². The van der Waals surface area contributed by atoms with Crippen molar-refractivity contribution in [1.82, 2.24) is 0 Å². The van der Waals surface area contributed by atoms with E-state index in [4.69, 9.17) is 0 Å². The third-order valence-electron chi connectivity index (χ3n) is 3.54. The van der Waals surface area contributed by atoms with Crippen LogP contribution < -0.4 is 10.1 Å². The molecule has 0 spiro atoms. The molecular weight excluding hydrogens is 186 g/mol. The molecule has 76 valence electrons. The Morgan fingerprint density at radius 3 is 2.00 bits per heavy atom. The number of benzene rings is 1. The summed E-state index contributed by atoms with van der Waals surface area (Å²) in [5.41, 5.74) is 1.31. The highest BCUT2D eigenvalue weighted by molar-refractivity contribution is 6.92. The fourth-order valence-electron chi connectivity index (χ4n) is 2.16. The van der Waals surface area contributed by atoms with Crippen LogP contribution in [0.5, 0.6) is 0 Å². The topological polar surface area (TPSA) is 3.24 Å². The van der Waals surface area contributed by atoms with Gasteiger partial charge in [0.05, 0.1) is 8.07 Å². The molecule has 1 aliphatic rings. The van der Waals surface area contributed by atoms with Crippen LogP contribution in [0.15, 0.2) is 24.3 Å². The third kappa shape index (κ3) is 1.59. The Hall–Kier alpha value is -0.763. The Balaban J connectivity index is 2.21. The second kappa shape index (κ2) is 3.43. The second-order valence-corrected chi connectivity index (χ2v) is 9.55. The number of anilines is 1. The Labute approximate surface area is 87.8 Å². The fraction of sp³-hybridized carbons (Fsp3) is 0.500. The lowest BCUT2D eigenvalue weighted by Gasteiger charge is -2.36. The van der Waals surface area contributed by atoms with Crippen LogP contribution in [0.1, 0.15) is 6.42 Å². The molecule has 0 saturated carbocycles. The molecule has 0 atom stereocenters. The molecule has 0 N–H and O–H groups in total. The molecule has 1 saturated heterocycles. The number of hydrogen-bond donors (Lipinski definition) is 0. The molecule has 0 radical (unpaired) electrons. The third-order valence-corrected chi connectivity index (χ3v) is 8.18. The largest absolute Gasteiger partial charge is 0.378 e. The van der Waals surface area contributed by atoms with Gasteiger partial charge < -0.3 is 4.90 Å². The maximum Gasteiger partial charge on any atom is 0.0836 e. The fourth-order valence-corrected chi connectivity index (χ4v) is 5.12. The van der Waals surface area contributed by atoms with Gasteiger partial charge in [0, 0.05) is 19.8 Å². The molecule has 0 unspecified atom stereocenters. The molecule has 0 aliphatic carbocycles. The monoisotopic (exact) mass is 205 g/mol. The van der Waals surface area contributed by atoms with E-state index >= 15 is 0 Å². The zero-order valence-electron chi connectivity index (χ0n) is 9.38. The Bertz CT molecular complexity index is 312. The Morgan fingerprint density at radius 2 is 1.64 bits per heavy atom. The van der Waals surface area contributed by atoms with Crippen molar-refractivity contribution in [3.05, 3.63) is 24.3 Å². The van der Waals surface area contributed by atoms with Crippen LogP contribution in [0.3, 0.4) is 0 Å². The average molecular weight is 205 g/mol. The molecule has 1 aromatic carbocycles. The van der Waals surface area contributed by atoms with Gasteiger partial charge >= 0.3 is 0 Å². The van der Waals surface area contributed by atoms with Crippen molar-refractivity contribution in [2.24, 2.45) is 0 Å². The molecule has 0 aromatic heterocycles. The summed E-state index contributed by atoms with van der Waals surface area (Å²) in [7, 11) is 3.24. The summed E-state index contributed by atoms with van der Waals surface area (Å²) in [6.45, 7) is 2.52. The maximum atomic E-state index is 2.52. The summed E-state index contributed by atoms with van der Waals surface area (Å²) in [5, 5.41) is 1.65. The van der Waals surface area contributed by atoms with Crippen LogP contribution >= 0.6 is 0 Å². The van der Waals surface area contributed by atoms with E-state index in [9.17, 15) is 0 Å². The predicted octanol–water partition coefficient (Wildman–Crippen LogP) is 2.44. The minimum Gasteiger partial charge on any atom is -0.378 e. The van der Waals surface area contributed by atoms with Gasteiger partial charge in [-0.3, -0.25) is 0 Å². The van der Waals surface area contributed by atoms with Crippen LogP contribution in [-0.2, 0) is 0 Å². The molecule has 0 amide bonds. The minimum atomic E-state index is -0.949. The van der Waals surface area contributed by atoms with E-state index in [-0.39, 0.29) is 0 Å². The van der Waals surface area contributed by atoms with Gasteiger partial charge in [-0.1, -0.05) is 42.4 Å². The first-order chi connectivity index (χ1) is 6.62. The highest BCUT2D eigenvalue weighted by atomic mass is 28.3. The van der Waals surface area contributed by atoms with Gasteiger partial charge in [0.2, 0.25) is 0 Å². The molecule has 1 aromatic rings. The van der Waals surface area contributed by atoms with Crippen molar-refractivity contribution in [2.75, 3.05) is 19.0 Å². The van der Waals surface area contributed by atoms with E-state index in [1.807, 2.05) is 0 Å². The van der Waals surface area contributed by atoms with Crippen molar-refractivity contribution < 1.29 is 0 Å². The van der Waals surface area contributed by atoms with Gasteiger partial charge in [-0.25, -0.2) is 0 Å². The first-order valence-electron chi connectivity index (χ1n) is 5.40. The van der Waals surface area contributed by atoms with Crippen molar-refractivity contribution in [1.29, 1.82) is 0 Å². The van der Waals surface area contributed by atoms with Crippen molar-refractivity contribution in [3.63, 3.8) is 0 Å². The summed E-state index contributed by atoms with van der Waals surface area (Å²) in [4.78, 5) is 2.16. The molecule has 2 heteroatoms. The van der Waals surface area contributed by atoms with Crippen LogP contribution in [0.2, 0.25) is 18.6 Å². The number of nitrogens with zero attached hydrogens (tertiary/aromatic N) is 1. The van der Waals surface area contributed by atoms with Crippen molar-refractivity contribution in [2.45, 2.75) is 25.1 Å². The number of rotatable bonds is 2. The van der Waals surface area contributed by atoms with E-state index in [1.54, 1.807) is 5.19 Å². The van der Waals surface area contributed by atoms with Gasteiger partial charge in [0.15, 0.2) is 0 Å². The lowest BCUT2D eigenvalue weighted by molar-refractivity contribution is 0.917. The lowest BCUT2D eigenvalue weighted by atomic mass is 10.3. The van der Waals surface area contributed by atoms with Gasteiger partial charge in [0.25, 0.3) is 0 Å². The van der Waals surface area contributed by atoms with Crippen molar-refractivity contribution >= 4 is 18.9 Å². The van der Waals surface area contributed by atoms with Crippen LogP contribution in [0, 0.1) is 0 Å². The normalized spacial score (nSPS) is 18.8. The van der Waals surface area contributed by atoms with Crippen LogP contribution in [0.4, 0.5) is 5.69 Å². The first kappa shape index (κ1) is 9.78. The zero-order chi connectivity index (χ0) is 10.2. The summed E-state index contributed by atoms with van der Waals surface area (Å²) in [5.74, 6) is 0. The molecular formula is C12H19NSi. The SMILES string of the molecule is CN(C)c1ccc([Si]2(C)CCC2)cc1. The predicted molar refractivity (Wildman–Crippen MR) is 66.3 cm³/mol. The second-order valence-electron chi connectivity index (χ2n) is 4.86. The Morgan fingerprint density at radius 1 is 1.07 bits per heavy atom. The average Bonchev–Trinajstić information content (AvgIpc) is 2.14. The standard InChI is InChI=1S/C12H19NSi/c1-13(2)11-5-7-12(8-6-11)14(3)9-4-10-14/h5-8H,4,9-10H2,1-3H3. The molecule has 1 aliphatic heterocycles. The van der Waals surface area contributed by atoms with Crippen molar-refractivity contribution in [3.8, 4) is 0 Å². The summed E-state index contributed by atoms with van der Waals surface area (Å²) >= 11 is 0. The summed E-state index contributed by atoms with van der Waals surface area (Å²) in [6, 6.07) is 12.2. The number of hydrogen-bond acceptors (Lipinski definition) is 1. The van der Waals surface area contributed by atoms with Crippen LogP contribution in [-0.4, -0.2) is 22.2 Å².